The summed E-state index contributed by atoms with van der Waals surface area (Å²) >= 11 is 0. The first-order valence-electron chi connectivity index (χ1n) is 9.59. The molecule has 2 aromatic carbocycles. The van der Waals surface area contributed by atoms with Crippen LogP contribution in [0.2, 0.25) is 0 Å². The van der Waals surface area contributed by atoms with E-state index in [9.17, 15) is 19.7 Å². The van der Waals surface area contributed by atoms with Gasteiger partial charge in [-0.2, -0.15) is 0 Å². The zero-order valence-electron chi connectivity index (χ0n) is 17.5. The number of anilines is 1. The molecule has 0 aliphatic rings. The summed E-state index contributed by atoms with van der Waals surface area (Å²) in [5.74, 6) is 0. The van der Waals surface area contributed by atoms with Crippen molar-refractivity contribution in [2.24, 2.45) is 14.1 Å². The van der Waals surface area contributed by atoms with Crippen LogP contribution in [0.3, 0.4) is 0 Å². The lowest BCUT2D eigenvalue weighted by Crippen LogP contribution is -2.36. The summed E-state index contributed by atoms with van der Waals surface area (Å²) < 4.78 is 4.20. The molecule has 4 aromatic rings. The summed E-state index contributed by atoms with van der Waals surface area (Å²) in [5, 5.41) is 14.8. The number of fused-ring (bicyclic) bond motifs is 1. The third-order valence-corrected chi connectivity index (χ3v) is 5.48. The molecule has 0 unspecified atom stereocenters. The number of aryl methyl sites for hydroxylation is 2. The molecule has 0 amide bonds. The Bertz CT molecular complexity index is 1460. The zero-order valence-corrected chi connectivity index (χ0v) is 17.5. The third-order valence-electron chi connectivity index (χ3n) is 5.48. The van der Waals surface area contributed by atoms with Crippen LogP contribution >= 0.6 is 0 Å². The number of nitro benzene ring substituents is 1. The van der Waals surface area contributed by atoms with E-state index >= 15 is 0 Å². The van der Waals surface area contributed by atoms with Crippen molar-refractivity contribution in [1.82, 2.24) is 13.7 Å². The van der Waals surface area contributed by atoms with Gasteiger partial charge in [0.15, 0.2) is 0 Å². The Kier molecular flexibility index (Phi) is 4.73. The van der Waals surface area contributed by atoms with Crippen molar-refractivity contribution in [2.45, 2.75) is 6.92 Å². The van der Waals surface area contributed by atoms with Crippen LogP contribution < -0.4 is 16.6 Å². The lowest BCUT2D eigenvalue weighted by molar-refractivity contribution is -0.384. The predicted molar refractivity (Wildman–Crippen MR) is 120 cm³/mol. The van der Waals surface area contributed by atoms with E-state index in [4.69, 9.17) is 0 Å². The second-order valence-corrected chi connectivity index (χ2v) is 7.39. The molecule has 0 radical (unpaired) electrons. The van der Waals surface area contributed by atoms with Crippen LogP contribution in [0.25, 0.3) is 27.8 Å². The van der Waals surface area contributed by atoms with Crippen LogP contribution in [0.15, 0.2) is 58.3 Å². The minimum Gasteiger partial charge on any atom is -0.386 e. The molecule has 0 aliphatic carbocycles. The Balaban J connectivity index is 2.22. The van der Waals surface area contributed by atoms with Gasteiger partial charge in [0.2, 0.25) is 0 Å². The van der Waals surface area contributed by atoms with Gasteiger partial charge in [0.05, 0.1) is 32.9 Å². The highest BCUT2D eigenvalue weighted by atomic mass is 16.6. The SMILES string of the molecule is CNc1ccc([N+](=O)[O-])cc1-n1cc2c(c1-c1ccc(C)cc1)c(=O)n(C)c(=O)n2C. The van der Waals surface area contributed by atoms with Gasteiger partial charge >= 0.3 is 5.69 Å². The van der Waals surface area contributed by atoms with E-state index in [0.717, 1.165) is 15.7 Å². The highest BCUT2D eigenvalue weighted by Crippen LogP contribution is 2.35. The van der Waals surface area contributed by atoms with E-state index in [1.54, 1.807) is 30.9 Å². The first-order valence-corrected chi connectivity index (χ1v) is 9.59. The molecule has 2 aromatic heterocycles. The second kappa shape index (κ2) is 7.28. The quantitative estimate of drug-likeness (QED) is 0.405. The van der Waals surface area contributed by atoms with Gasteiger partial charge < -0.3 is 9.88 Å². The number of nitrogens with zero attached hydrogens (tertiary/aromatic N) is 4. The predicted octanol–water partition coefficient (Wildman–Crippen LogP) is 2.95. The van der Waals surface area contributed by atoms with Gasteiger partial charge in [0.25, 0.3) is 11.2 Å². The van der Waals surface area contributed by atoms with Gasteiger partial charge in [-0.05, 0) is 18.6 Å². The molecule has 4 rings (SSSR count). The Morgan fingerprint density at radius 3 is 2.29 bits per heavy atom. The maximum Gasteiger partial charge on any atom is 0.330 e. The number of hydrogen-bond donors (Lipinski definition) is 1. The molecule has 9 heteroatoms. The number of rotatable bonds is 4. The van der Waals surface area contributed by atoms with Crippen LogP contribution in [0.4, 0.5) is 11.4 Å². The average Bonchev–Trinajstić information content (AvgIpc) is 3.16. The number of nitro groups is 1. The number of hydrogen-bond acceptors (Lipinski definition) is 5. The molecule has 0 bridgehead atoms. The molecular formula is C22H21N5O4. The van der Waals surface area contributed by atoms with Crippen molar-refractivity contribution in [3.8, 4) is 16.9 Å². The molecule has 0 atom stereocenters. The minimum atomic E-state index is -0.466. The lowest BCUT2D eigenvalue weighted by atomic mass is 10.1. The Morgan fingerprint density at radius 1 is 1.00 bits per heavy atom. The van der Waals surface area contributed by atoms with E-state index in [0.29, 0.717) is 28.0 Å². The summed E-state index contributed by atoms with van der Waals surface area (Å²) in [7, 11) is 4.75. The Morgan fingerprint density at radius 2 is 1.68 bits per heavy atom. The third kappa shape index (κ3) is 3.10. The van der Waals surface area contributed by atoms with Crippen LogP contribution in [0.1, 0.15) is 5.56 Å². The Hall–Kier alpha value is -4.14. The molecule has 158 valence electrons. The summed E-state index contributed by atoms with van der Waals surface area (Å²) in [4.78, 5) is 36.6. The molecule has 0 fully saturated rings. The molecule has 9 nitrogen and oxygen atoms in total. The lowest BCUT2D eigenvalue weighted by Gasteiger charge is -2.14. The molecule has 1 N–H and O–H groups in total. The largest absolute Gasteiger partial charge is 0.386 e. The first-order chi connectivity index (χ1) is 14.7. The molecule has 0 aliphatic heterocycles. The monoisotopic (exact) mass is 419 g/mol. The van der Waals surface area contributed by atoms with Crippen molar-refractivity contribution in [3.63, 3.8) is 0 Å². The molecule has 0 saturated carbocycles. The highest BCUT2D eigenvalue weighted by Gasteiger charge is 2.22. The van der Waals surface area contributed by atoms with Crippen LogP contribution in [0.5, 0.6) is 0 Å². The topological polar surface area (TPSA) is 104 Å². The van der Waals surface area contributed by atoms with E-state index in [-0.39, 0.29) is 5.69 Å². The number of benzene rings is 2. The van der Waals surface area contributed by atoms with Gasteiger partial charge in [-0.25, -0.2) is 4.79 Å². The number of non-ortho nitro benzene ring substituents is 1. The second-order valence-electron chi connectivity index (χ2n) is 7.39. The van der Waals surface area contributed by atoms with Crippen molar-refractivity contribution in [2.75, 3.05) is 12.4 Å². The summed E-state index contributed by atoms with van der Waals surface area (Å²) in [6.07, 6.45) is 1.67. The van der Waals surface area contributed by atoms with Gasteiger partial charge in [0.1, 0.15) is 0 Å². The summed E-state index contributed by atoms with van der Waals surface area (Å²) in [6.45, 7) is 1.96. The number of aromatic nitrogens is 3. The highest BCUT2D eigenvalue weighted by molar-refractivity contribution is 5.95. The standard InChI is InChI=1S/C22H21N5O4/c1-13-5-7-14(8-6-13)20-19-18(24(3)22(29)25(4)21(19)28)12-26(20)17-11-15(27(30)31)9-10-16(17)23-2/h5-12,23H,1-4H3. The first kappa shape index (κ1) is 20.1. The Labute approximate surface area is 176 Å². The van der Waals surface area contributed by atoms with E-state index < -0.39 is 16.2 Å². The maximum absolute atomic E-state index is 13.1. The van der Waals surface area contributed by atoms with Crippen LogP contribution in [-0.2, 0) is 14.1 Å². The normalized spacial score (nSPS) is 11.1. The van der Waals surface area contributed by atoms with E-state index in [1.807, 2.05) is 31.2 Å². The van der Waals surface area contributed by atoms with Crippen molar-refractivity contribution in [1.29, 1.82) is 0 Å². The van der Waals surface area contributed by atoms with E-state index in [2.05, 4.69) is 5.32 Å². The molecule has 0 saturated heterocycles. The van der Waals surface area contributed by atoms with Gasteiger partial charge in [-0.15, -0.1) is 0 Å². The average molecular weight is 419 g/mol. The van der Waals surface area contributed by atoms with Gasteiger partial charge in [0, 0.05) is 39.5 Å². The fourth-order valence-corrected chi connectivity index (χ4v) is 3.77. The van der Waals surface area contributed by atoms with Crippen molar-refractivity contribution >= 4 is 22.3 Å². The molecular weight excluding hydrogens is 398 g/mol. The summed E-state index contributed by atoms with van der Waals surface area (Å²) in [5.41, 5.74) is 2.99. The van der Waals surface area contributed by atoms with Crippen molar-refractivity contribution < 1.29 is 4.92 Å². The number of nitrogens with one attached hydrogen (secondary N) is 1. The zero-order chi connectivity index (χ0) is 22.4. The van der Waals surface area contributed by atoms with Crippen LogP contribution in [-0.4, -0.2) is 25.7 Å². The van der Waals surface area contributed by atoms with Gasteiger partial charge in [-0.3, -0.25) is 24.0 Å². The molecule has 31 heavy (non-hydrogen) atoms. The minimum absolute atomic E-state index is 0.0802. The van der Waals surface area contributed by atoms with Crippen molar-refractivity contribution in [3.05, 3.63) is 85.2 Å². The fraction of sp³-hybridized carbons (Fsp3) is 0.182. The maximum atomic E-state index is 13.1. The molecule has 0 spiro atoms. The van der Waals surface area contributed by atoms with Gasteiger partial charge in [-0.1, -0.05) is 29.8 Å². The smallest absolute Gasteiger partial charge is 0.330 e. The van der Waals surface area contributed by atoms with Crippen LogP contribution in [0, 0.1) is 17.0 Å². The molecule has 2 heterocycles. The van der Waals surface area contributed by atoms with E-state index in [1.165, 1.54) is 23.7 Å². The summed E-state index contributed by atoms with van der Waals surface area (Å²) in [6, 6.07) is 12.1. The fourth-order valence-electron chi connectivity index (χ4n) is 3.77.